The first-order valence-corrected chi connectivity index (χ1v) is 4.46. The van der Waals surface area contributed by atoms with Gasteiger partial charge in [0.15, 0.2) is 0 Å². The van der Waals surface area contributed by atoms with Gasteiger partial charge in [0, 0.05) is 12.4 Å². The molecular weight excluding hydrogens is 150 g/mol. The fraction of sp³-hybridized carbons (Fsp3) is 0.667. The van der Waals surface area contributed by atoms with Crippen LogP contribution in [-0.2, 0) is 0 Å². The van der Waals surface area contributed by atoms with Gasteiger partial charge in [-0.2, -0.15) is 0 Å². The minimum Gasteiger partial charge on any atom is -0.321 e. The number of hydrogen-bond acceptors (Lipinski definition) is 3. The number of hydrogen-bond donors (Lipinski definition) is 2. The Labute approximate surface area is 72.5 Å². The largest absolute Gasteiger partial charge is 0.321 e. The Balaban J connectivity index is 2.06. The van der Waals surface area contributed by atoms with E-state index in [1.165, 1.54) is 12.8 Å². The van der Waals surface area contributed by atoms with Gasteiger partial charge < -0.3 is 11.5 Å². The highest BCUT2D eigenvalue weighted by atomic mass is 14.9. The van der Waals surface area contributed by atoms with Crippen LogP contribution in [0.2, 0.25) is 0 Å². The first-order valence-electron chi connectivity index (χ1n) is 4.46. The average molecular weight is 165 g/mol. The van der Waals surface area contributed by atoms with E-state index < -0.39 is 0 Å². The molecule has 2 rings (SSSR count). The highest BCUT2D eigenvalue weighted by Crippen LogP contribution is 2.37. The van der Waals surface area contributed by atoms with Crippen molar-refractivity contribution in [1.82, 2.24) is 0 Å². The summed E-state index contributed by atoms with van der Waals surface area (Å²) in [6.45, 7) is 0. The summed E-state index contributed by atoms with van der Waals surface area (Å²) in [5.41, 5.74) is 11.7. The Morgan fingerprint density at radius 3 is 2.83 bits per heavy atom. The molecule has 1 fully saturated rings. The van der Waals surface area contributed by atoms with E-state index in [-0.39, 0.29) is 11.6 Å². The van der Waals surface area contributed by atoms with Crippen molar-refractivity contribution in [3.05, 3.63) is 12.3 Å². The SMILES string of the molecule is NC1C=NC=CC1(N)CC1CC1. The highest BCUT2D eigenvalue weighted by molar-refractivity contribution is 5.69. The van der Waals surface area contributed by atoms with Gasteiger partial charge in [-0.15, -0.1) is 0 Å². The molecule has 0 bridgehead atoms. The van der Waals surface area contributed by atoms with Crippen LogP contribution >= 0.6 is 0 Å². The minimum atomic E-state index is -0.330. The van der Waals surface area contributed by atoms with Crippen molar-refractivity contribution in [2.45, 2.75) is 30.8 Å². The van der Waals surface area contributed by atoms with Gasteiger partial charge in [0.25, 0.3) is 0 Å². The molecule has 0 aromatic carbocycles. The van der Waals surface area contributed by atoms with Crippen molar-refractivity contribution >= 4 is 6.21 Å². The Morgan fingerprint density at radius 2 is 2.25 bits per heavy atom. The van der Waals surface area contributed by atoms with Gasteiger partial charge in [-0.05, 0) is 18.4 Å². The normalized spacial score (nSPS) is 40.3. The topological polar surface area (TPSA) is 64.4 Å². The Kier molecular flexibility index (Phi) is 1.77. The molecule has 2 unspecified atom stereocenters. The van der Waals surface area contributed by atoms with E-state index in [9.17, 15) is 0 Å². The Hall–Kier alpha value is -0.670. The molecule has 2 aliphatic rings. The zero-order valence-corrected chi connectivity index (χ0v) is 7.11. The Bertz CT molecular complexity index is 230. The van der Waals surface area contributed by atoms with E-state index >= 15 is 0 Å². The van der Waals surface area contributed by atoms with Gasteiger partial charge in [0.2, 0.25) is 0 Å². The van der Waals surface area contributed by atoms with Crippen molar-refractivity contribution in [1.29, 1.82) is 0 Å². The summed E-state index contributed by atoms with van der Waals surface area (Å²) in [7, 11) is 0. The third kappa shape index (κ3) is 1.42. The van der Waals surface area contributed by atoms with Gasteiger partial charge >= 0.3 is 0 Å². The molecule has 12 heavy (non-hydrogen) atoms. The van der Waals surface area contributed by atoms with E-state index in [0.717, 1.165) is 12.3 Å². The summed E-state index contributed by atoms with van der Waals surface area (Å²) in [4.78, 5) is 3.97. The number of nitrogens with two attached hydrogens (primary N) is 2. The predicted molar refractivity (Wildman–Crippen MR) is 49.9 cm³/mol. The van der Waals surface area contributed by atoms with Crippen LogP contribution in [0.25, 0.3) is 0 Å². The summed E-state index contributed by atoms with van der Waals surface area (Å²) in [5.74, 6) is 0.803. The van der Waals surface area contributed by atoms with Crippen LogP contribution < -0.4 is 11.5 Å². The summed E-state index contributed by atoms with van der Waals surface area (Å²) >= 11 is 0. The van der Waals surface area contributed by atoms with Crippen molar-refractivity contribution in [2.75, 3.05) is 0 Å². The maximum absolute atomic E-state index is 6.14. The summed E-state index contributed by atoms with van der Waals surface area (Å²) in [6, 6.07) is -0.108. The van der Waals surface area contributed by atoms with Crippen molar-refractivity contribution in [2.24, 2.45) is 22.4 Å². The van der Waals surface area contributed by atoms with Crippen LogP contribution in [0, 0.1) is 5.92 Å². The molecule has 0 spiro atoms. The molecule has 1 saturated carbocycles. The molecule has 0 aromatic heterocycles. The number of aliphatic imine (C=N–C) groups is 1. The third-order valence-corrected chi connectivity index (χ3v) is 2.68. The highest BCUT2D eigenvalue weighted by Gasteiger charge is 2.36. The first-order chi connectivity index (χ1) is 5.71. The van der Waals surface area contributed by atoms with E-state index in [1.54, 1.807) is 12.4 Å². The summed E-state index contributed by atoms with van der Waals surface area (Å²) in [5, 5.41) is 0. The molecule has 3 nitrogen and oxygen atoms in total. The van der Waals surface area contributed by atoms with Crippen molar-refractivity contribution < 1.29 is 0 Å². The lowest BCUT2D eigenvalue weighted by atomic mass is 9.85. The van der Waals surface area contributed by atoms with Crippen LogP contribution in [0.3, 0.4) is 0 Å². The lowest BCUT2D eigenvalue weighted by Crippen LogP contribution is -2.56. The smallest absolute Gasteiger partial charge is 0.0619 e. The molecule has 66 valence electrons. The van der Waals surface area contributed by atoms with Gasteiger partial charge in [0.05, 0.1) is 11.6 Å². The predicted octanol–water partition coefficient (Wildman–Crippen LogP) is 0.409. The summed E-state index contributed by atoms with van der Waals surface area (Å²) in [6.07, 6.45) is 9.08. The molecule has 2 atom stereocenters. The van der Waals surface area contributed by atoms with E-state index in [4.69, 9.17) is 11.5 Å². The van der Waals surface area contributed by atoms with Gasteiger partial charge in [0.1, 0.15) is 0 Å². The maximum atomic E-state index is 6.14. The molecule has 1 aliphatic carbocycles. The number of nitrogens with zero attached hydrogens (tertiary/aromatic N) is 1. The molecule has 0 amide bonds. The van der Waals surface area contributed by atoms with E-state index in [2.05, 4.69) is 4.99 Å². The van der Waals surface area contributed by atoms with Crippen LogP contribution in [0.4, 0.5) is 0 Å². The monoisotopic (exact) mass is 165 g/mol. The zero-order chi connectivity index (χ0) is 8.60. The molecule has 4 N–H and O–H groups in total. The second-order valence-electron chi connectivity index (χ2n) is 3.90. The molecule has 1 aliphatic heterocycles. The molecule has 1 heterocycles. The number of rotatable bonds is 2. The van der Waals surface area contributed by atoms with Crippen LogP contribution in [0.1, 0.15) is 19.3 Å². The fourth-order valence-electron chi connectivity index (χ4n) is 1.60. The van der Waals surface area contributed by atoms with Crippen LogP contribution in [0.15, 0.2) is 17.3 Å². The second kappa shape index (κ2) is 2.68. The van der Waals surface area contributed by atoms with Crippen molar-refractivity contribution in [3.63, 3.8) is 0 Å². The molecule has 0 radical (unpaired) electrons. The standard InChI is InChI=1S/C9H15N3/c10-8-6-12-4-3-9(8,11)5-7-1-2-7/h3-4,6-8H,1-2,5,10-11H2. The lowest BCUT2D eigenvalue weighted by Gasteiger charge is -2.31. The Morgan fingerprint density at radius 1 is 1.50 bits per heavy atom. The minimum absolute atomic E-state index is 0.108. The second-order valence-corrected chi connectivity index (χ2v) is 3.90. The van der Waals surface area contributed by atoms with Gasteiger partial charge in [-0.25, -0.2) is 0 Å². The summed E-state index contributed by atoms with van der Waals surface area (Å²) < 4.78 is 0. The van der Waals surface area contributed by atoms with Crippen LogP contribution in [-0.4, -0.2) is 17.8 Å². The average Bonchev–Trinajstić information content (AvgIpc) is 2.79. The zero-order valence-electron chi connectivity index (χ0n) is 7.11. The molecule has 0 aromatic rings. The van der Waals surface area contributed by atoms with E-state index in [0.29, 0.717) is 0 Å². The first kappa shape index (κ1) is 7.95. The quantitative estimate of drug-likeness (QED) is 0.622. The fourth-order valence-corrected chi connectivity index (χ4v) is 1.60. The molecule has 3 heteroatoms. The van der Waals surface area contributed by atoms with Crippen LogP contribution in [0.5, 0.6) is 0 Å². The third-order valence-electron chi connectivity index (χ3n) is 2.68. The molecular formula is C9H15N3. The molecule has 0 saturated heterocycles. The van der Waals surface area contributed by atoms with Crippen molar-refractivity contribution in [3.8, 4) is 0 Å². The van der Waals surface area contributed by atoms with Gasteiger partial charge in [-0.3, -0.25) is 4.99 Å². The maximum Gasteiger partial charge on any atom is 0.0619 e. The van der Waals surface area contributed by atoms with Gasteiger partial charge in [-0.1, -0.05) is 12.8 Å². The lowest BCUT2D eigenvalue weighted by molar-refractivity contribution is 0.428. The van der Waals surface area contributed by atoms with E-state index in [1.807, 2.05) is 6.08 Å².